The third-order valence-electron chi connectivity index (χ3n) is 7.52. The highest BCUT2D eigenvalue weighted by Gasteiger charge is 2.55. The lowest BCUT2D eigenvalue weighted by Crippen LogP contribution is -2.46. The van der Waals surface area contributed by atoms with Crippen LogP contribution in [0.15, 0.2) is 42.7 Å². The van der Waals surface area contributed by atoms with E-state index in [0.717, 1.165) is 7.11 Å². The molecule has 1 fully saturated rings. The first-order valence-corrected chi connectivity index (χ1v) is 16.4. The van der Waals surface area contributed by atoms with Gasteiger partial charge in [0.25, 0.3) is 0 Å². The number of nitrogens with two attached hydrogens (primary N) is 2. The smallest absolute Gasteiger partial charge is 0.459 e. The molecule has 48 heavy (non-hydrogen) atoms. The zero-order valence-electron chi connectivity index (χ0n) is 27.0. The summed E-state index contributed by atoms with van der Waals surface area (Å²) >= 11 is 0. The molecule has 6 atom stereocenters. The summed E-state index contributed by atoms with van der Waals surface area (Å²) in [5, 5.41) is 17.3. The van der Waals surface area contributed by atoms with Crippen LogP contribution in [-0.4, -0.2) is 77.1 Å². The highest BCUT2D eigenvalue weighted by Crippen LogP contribution is 2.49. The Morgan fingerprint density at radius 3 is 2.44 bits per heavy atom. The molecule has 1 saturated heterocycles. The van der Waals surface area contributed by atoms with E-state index in [2.05, 4.69) is 19.9 Å². The monoisotopic (exact) mass is 687 g/mol. The van der Waals surface area contributed by atoms with Crippen LogP contribution in [0, 0.1) is 17.2 Å². The fraction of sp³-hybridized carbons (Fsp3) is 0.467. The number of anilines is 1. The van der Waals surface area contributed by atoms with E-state index >= 15 is 0 Å². The summed E-state index contributed by atoms with van der Waals surface area (Å²) in [4.78, 5) is 40.7. The standard InChI is InChI=1S/C30H38N7O10P/c1-17(2)27(38)45-25-13-24(22-10-11-23-26(33)34-16-35-37(22)23)46-30(25,14-31)15-44-48(41,36-18(3)28(39)42-4)47-20-8-6-19(7-9-20)12-21(32)29(40)43-5/h6-11,16-18,21,24-25H,12-13,15,32H2,1-5H3,(H,36,41)(H2,33,34,35)/t18-,21-,24+,25-,30+,48?/m0/s1. The average Bonchev–Trinajstić information content (AvgIpc) is 3.66. The van der Waals surface area contributed by atoms with Gasteiger partial charge >= 0.3 is 25.7 Å². The number of aromatic nitrogens is 3. The Morgan fingerprint density at radius 1 is 1.12 bits per heavy atom. The van der Waals surface area contributed by atoms with Gasteiger partial charge in [0.1, 0.15) is 54.6 Å². The van der Waals surface area contributed by atoms with Gasteiger partial charge in [0.05, 0.1) is 25.8 Å². The zero-order valence-corrected chi connectivity index (χ0v) is 27.9. The van der Waals surface area contributed by atoms with Crippen LogP contribution < -0.4 is 21.1 Å². The van der Waals surface area contributed by atoms with E-state index in [9.17, 15) is 24.2 Å². The predicted molar refractivity (Wildman–Crippen MR) is 168 cm³/mol. The Bertz CT molecular complexity index is 1730. The fourth-order valence-electron chi connectivity index (χ4n) is 4.89. The summed E-state index contributed by atoms with van der Waals surface area (Å²) in [6, 6.07) is 9.44. The van der Waals surface area contributed by atoms with Gasteiger partial charge in [-0.1, -0.05) is 26.0 Å². The maximum absolute atomic E-state index is 14.2. The van der Waals surface area contributed by atoms with Crippen LogP contribution >= 0.6 is 7.75 Å². The second-order valence-electron chi connectivity index (χ2n) is 11.3. The first-order chi connectivity index (χ1) is 22.7. The van der Waals surface area contributed by atoms with Crippen molar-refractivity contribution in [2.75, 3.05) is 26.6 Å². The topological polar surface area (TPSA) is 242 Å². The minimum Gasteiger partial charge on any atom is -0.468 e. The Kier molecular flexibility index (Phi) is 11.4. The molecule has 18 heteroatoms. The van der Waals surface area contributed by atoms with Crippen LogP contribution in [0.2, 0.25) is 0 Å². The van der Waals surface area contributed by atoms with Crippen molar-refractivity contribution in [1.29, 1.82) is 5.26 Å². The lowest BCUT2D eigenvalue weighted by molar-refractivity contribution is -0.161. The molecule has 0 amide bonds. The number of nitriles is 1. The van der Waals surface area contributed by atoms with Crippen LogP contribution in [0.1, 0.15) is 44.6 Å². The molecule has 3 heterocycles. The third-order valence-corrected chi connectivity index (χ3v) is 9.15. The quantitative estimate of drug-likeness (QED) is 0.125. The van der Waals surface area contributed by atoms with Crippen molar-refractivity contribution in [3.8, 4) is 11.8 Å². The third kappa shape index (κ3) is 8.09. The summed E-state index contributed by atoms with van der Waals surface area (Å²) in [5.74, 6) is -2.22. The number of methoxy groups -OCH3 is 2. The molecular weight excluding hydrogens is 649 g/mol. The SMILES string of the molecule is COC(=O)[C@H](C)NP(=O)(OC[C@@]1(C#N)O[C@@H](c2ccc3c(N)ncnn23)C[C@@H]1OC(=O)C(C)C)Oc1ccc(C[C@H](N)C(=O)OC)cc1. The van der Waals surface area contributed by atoms with Crippen LogP contribution in [0.25, 0.3) is 5.52 Å². The number of benzene rings is 1. The van der Waals surface area contributed by atoms with Gasteiger partial charge < -0.3 is 34.9 Å². The second kappa shape index (κ2) is 15.1. The van der Waals surface area contributed by atoms with E-state index in [1.54, 1.807) is 38.1 Å². The number of nitrogens with one attached hydrogen (secondary N) is 1. The number of hydrogen-bond acceptors (Lipinski definition) is 15. The van der Waals surface area contributed by atoms with Crippen LogP contribution in [0.3, 0.4) is 0 Å². The van der Waals surface area contributed by atoms with Crippen molar-refractivity contribution in [2.24, 2.45) is 11.7 Å². The van der Waals surface area contributed by atoms with Gasteiger partial charge in [0.15, 0.2) is 5.82 Å². The Balaban J connectivity index is 1.63. The van der Waals surface area contributed by atoms with Crippen molar-refractivity contribution in [1.82, 2.24) is 19.7 Å². The summed E-state index contributed by atoms with van der Waals surface area (Å²) in [6.45, 7) is 3.92. The van der Waals surface area contributed by atoms with Gasteiger partial charge in [-0.3, -0.25) is 18.9 Å². The molecule has 17 nitrogen and oxygen atoms in total. The Hall–Kier alpha value is -4.59. The molecule has 0 aliphatic carbocycles. The van der Waals surface area contributed by atoms with Crippen LogP contribution in [0.4, 0.5) is 5.82 Å². The maximum Gasteiger partial charge on any atom is 0.459 e. The number of fused-ring (bicyclic) bond motifs is 1. The number of carbonyl (C=O) groups is 3. The molecule has 3 aromatic rings. The Labute approximate surface area is 276 Å². The zero-order chi connectivity index (χ0) is 35.2. The van der Waals surface area contributed by atoms with Crippen molar-refractivity contribution in [2.45, 2.75) is 63.5 Å². The first-order valence-electron chi connectivity index (χ1n) is 14.8. The van der Waals surface area contributed by atoms with Gasteiger partial charge in [0.2, 0.25) is 5.60 Å². The fourth-order valence-corrected chi connectivity index (χ4v) is 6.41. The second-order valence-corrected chi connectivity index (χ2v) is 13.0. The van der Waals surface area contributed by atoms with Crippen molar-refractivity contribution >= 4 is 37.0 Å². The van der Waals surface area contributed by atoms with Crippen LogP contribution in [0.5, 0.6) is 5.75 Å². The number of nitrogen functional groups attached to an aromatic ring is 1. The summed E-state index contributed by atoms with van der Waals surface area (Å²) in [6.07, 6.45) is -0.594. The molecule has 258 valence electrons. The molecule has 5 N–H and O–H groups in total. The summed E-state index contributed by atoms with van der Waals surface area (Å²) < 4.78 is 48.7. The molecule has 2 aromatic heterocycles. The number of rotatable bonds is 14. The normalized spacial score (nSPS) is 21.5. The van der Waals surface area contributed by atoms with Gasteiger partial charge in [-0.25, -0.2) is 14.1 Å². The van der Waals surface area contributed by atoms with E-state index < -0.39 is 68.1 Å². The average molecular weight is 688 g/mol. The van der Waals surface area contributed by atoms with Gasteiger partial charge in [-0.2, -0.15) is 15.4 Å². The molecule has 0 spiro atoms. The number of esters is 3. The molecule has 1 aliphatic heterocycles. The summed E-state index contributed by atoms with van der Waals surface area (Å²) in [5.41, 5.74) is 11.5. The molecule has 0 radical (unpaired) electrons. The lowest BCUT2D eigenvalue weighted by atomic mass is 9.98. The first kappa shape index (κ1) is 36.2. The highest BCUT2D eigenvalue weighted by atomic mass is 31.2. The number of ether oxygens (including phenoxy) is 4. The number of nitrogens with zero attached hydrogens (tertiary/aromatic N) is 4. The van der Waals surface area contributed by atoms with E-state index in [1.165, 1.54) is 37.0 Å². The molecule has 1 aliphatic rings. The number of carbonyl (C=O) groups excluding carboxylic acids is 3. The molecular formula is C30H38N7O10P. The Morgan fingerprint density at radius 2 is 1.81 bits per heavy atom. The largest absolute Gasteiger partial charge is 0.468 e. The van der Waals surface area contributed by atoms with Gasteiger partial charge in [-0.05, 0) is 43.2 Å². The highest BCUT2D eigenvalue weighted by molar-refractivity contribution is 7.52. The van der Waals surface area contributed by atoms with E-state index in [-0.39, 0.29) is 24.4 Å². The predicted octanol–water partition coefficient (Wildman–Crippen LogP) is 2.00. The molecule has 1 aromatic carbocycles. The van der Waals surface area contributed by atoms with E-state index in [1.807, 2.05) is 6.07 Å². The van der Waals surface area contributed by atoms with Crippen molar-refractivity contribution < 1.29 is 46.9 Å². The minimum atomic E-state index is -4.50. The molecule has 0 saturated carbocycles. The molecule has 0 bridgehead atoms. The van der Waals surface area contributed by atoms with Crippen molar-refractivity contribution in [3.63, 3.8) is 0 Å². The van der Waals surface area contributed by atoms with Gasteiger partial charge in [-0.15, -0.1) is 0 Å². The number of hydrogen-bond donors (Lipinski definition) is 3. The lowest BCUT2D eigenvalue weighted by Gasteiger charge is -2.30. The van der Waals surface area contributed by atoms with E-state index in [4.69, 9.17) is 34.7 Å². The maximum atomic E-state index is 14.2. The van der Waals surface area contributed by atoms with Crippen molar-refractivity contribution in [3.05, 3.63) is 54.0 Å². The minimum absolute atomic E-state index is 0.0116. The van der Waals surface area contributed by atoms with E-state index in [0.29, 0.717) is 16.8 Å². The molecule has 1 unspecified atom stereocenters. The molecule has 4 rings (SSSR count). The summed E-state index contributed by atoms with van der Waals surface area (Å²) in [7, 11) is -2.12. The van der Waals surface area contributed by atoms with Crippen LogP contribution in [-0.2, 0) is 48.8 Å². The van der Waals surface area contributed by atoms with Gasteiger partial charge in [0, 0.05) is 6.42 Å².